The zero-order valence-corrected chi connectivity index (χ0v) is 14.6. The topological polar surface area (TPSA) is 90.4 Å². The van der Waals surface area contributed by atoms with Gasteiger partial charge < -0.3 is 15.6 Å². The molecule has 1 atom stereocenters. The summed E-state index contributed by atoms with van der Waals surface area (Å²) in [6.07, 6.45) is -6.37. The Bertz CT molecular complexity index is 1010. The lowest BCUT2D eigenvalue weighted by Gasteiger charge is -2.14. The molecule has 3 aromatic rings. The van der Waals surface area contributed by atoms with E-state index in [-0.39, 0.29) is 17.0 Å². The highest BCUT2D eigenvalue weighted by molar-refractivity contribution is 5.79. The number of amides is 1. The van der Waals surface area contributed by atoms with Crippen LogP contribution in [0.3, 0.4) is 0 Å². The van der Waals surface area contributed by atoms with E-state index in [9.17, 15) is 23.1 Å². The number of hydrogen-bond donors (Lipinski definition) is 2. The van der Waals surface area contributed by atoms with Crippen LogP contribution in [0, 0.1) is 6.92 Å². The first kappa shape index (κ1) is 19.4. The zero-order valence-electron chi connectivity index (χ0n) is 14.6. The highest BCUT2D eigenvalue weighted by Gasteiger charge is 2.32. The Kier molecular flexibility index (Phi) is 5.10. The van der Waals surface area contributed by atoms with Gasteiger partial charge in [-0.25, -0.2) is 4.68 Å². The second kappa shape index (κ2) is 7.35. The van der Waals surface area contributed by atoms with Crippen molar-refractivity contribution in [3.63, 3.8) is 0 Å². The van der Waals surface area contributed by atoms with Crippen molar-refractivity contribution in [1.82, 2.24) is 9.78 Å². The van der Waals surface area contributed by atoms with E-state index in [1.807, 2.05) is 0 Å². The average molecular weight is 391 g/mol. The van der Waals surface area contributed by atoms with E-state index in [0.29, 0.717) is 16.9 Å². The molecule has 0 fully saturated rings. The second-order valence-corrected chi connectivity index (χ2v) is 6.02. The Morgan fingerprint density at radius 2 is 1.89 bits per heavy atom. The molecule has 3 N–H and O–H groups in total. The van der Waals surface area contributed by atoms with Crippen LogP contribution < -0.4 is 10.5 Å². The minimum absolute atomic E-state index is 0.0798. The summed E-state index contributed by atoms with van der Waals surface area (Å²) in [6, 6.07) is 13.9. The molecule has 0 saturated heterocycles. The van der Waals surface area contributed by atoms with Gasteiger partial charge in [-0.05, 0) is 36.8 Å². The van der Waals surface area contributed by atoms with Crippen molar-refractivity contribution in [3.8, 4) is 22.6 Å². The first-order valence-electron chi connectivity index (χ1n) is 8.15. The number of ether oxygens (including phenoxy) is 1. The number of aryl methyl sites for hydroxylation is 1. The molecule has 0 radical (unpaired) electrons. The molecule has 0 bridgehead atoms. The van der Waals surface area contributed by atoms with Crippen LogP contribution in [0.5, 0.6) is 5.75 Å². The van der Waals surface area contributed by atoms with Gasteiger partial charge in [0.2, 0.25) is 0 Å². The van der Waals surface area contributed by atoms with Gasteiger partial charge in [0.15, 0.2) is 6.10 Å². The number of halogens is 3. The Labute approximate surface area is 158 Å². The molecule has 1 heterocycles. The Balaban J connectivity index is 2.02. The summed E-state index contributed by atoms with van der Waals surface area (Å²) in [5.74, 6) is -1.26. The van der Waals surface area contributed by atoms with Gasteiger partial charge in [-0.2, -0.15) is 5.10 Å². The minimum atomic E-state index is -4.81. The van der Waals surface area contributed by atoms with Crippen molar-refractivity contribution in [2.24, 2.45) is 5.73 Å². The minimum Gasteiger partial charge on any atom is -0.405 e. The Morgan fingerprint density at radius 1 is 1.18 bits per heavy atom. The highest BCUT2D eigenvalue weighted by atomic mass is 19.4. The Hall–Kier alpha value is -3.33. The molecular formula is C19H16F3N3O3. The number of nitrogens with two attached hydrogens (primary N) is 1. The molecule has 1 unspecified atom stereocenters. The monoisotopic (exact) mass is 391 g/mol. The molecule has 146 valence electrons. The molecule has 0 aliphatic heterocycles. The van der Waals surface area contributed by atoms with Crippen LogP contribution in [0.15, 0.2) is 54.6 Å². The number of benzene rings is 2. The summed E-state index contributed by atoms with van der Waals surface area (Å²) < 4.78 is 43.6. The van der Waals surface area contributed by atoms with Gasteiger partial charge in [0.1, 0.15) is 11.4 Å². The van der Waals surface area contributed by atoms with Crippen molar-refractivity contribution < 1.29 is 27.8 Å². The van der Waals surface area contributed by atoms with Gasteiger partial charge in [-0.15, -0.1) is 13.2 Å². The lowest BCUT2D eigenvalue weighted by molar-refractivity contribution is -0.274. The number of aliphatic hydroxyl groups is 1. The zero-order chi connectivity index (χ0) is 20.5. The van der Waals surface area contributed by atoms with Crippen molar-refractivity contribution in [2.75, 3.05) is 0 Å². The number of aliphatic hydroxyl groups excluding tert-OH is 1. The summed E-state index contributed by atoms with van der Waals surface area (Å²) in [6.45, 7) is 1.71. The second-order valence-electron chi connectivity index (χ2n) is 6.02. The number of hydrogen-bond acceptors (Lipinski definition) is 4. The summed E-state index contributed by atoms with van der Waals surface area (Å²) >= 11 is 0. The fourth-order valence-electron chi connectivity index (χ4n) is 2.76. The van der Waals surface area contributed by atoms with Gasteiger partial charge in [-0.1, -0.05) is 30.3 Å². The standard InChI is InChI=1S/C19H16F3N3O3/c1-11-9-15(17(26)18(23)27)24-25(11)13-6-4-5-12(10-13)14-7-2-3-8-16(14)28-19(20,21)22/h2-10,17,26H,1H3,(H2,23,27). The Morgan fingerprint density at radius 3 is 2.57 bits per heavy atom. The third-order valence-electron chi connectivity index (χ3n) is 3.97. The number of carbonyl (C=O) groups excluding carboxylic acids is 1. The summed E-state index contributed by atoms with van der Waals surface area (Å²) in [5, 5.41) is 14.0. The van der Waals surface area contributed by atoms with Crippen molar-refractivity contribution >= 4 is 5.91 Å². The van der Waals surface area contributed by atoms with Crippen LogP contribution in [0.25, 0.3) is 16.8 Å². The number of para-hydroxylation sites is 1. The van der Waals surface area contributed by atoms with E-state index in [0.717, 1.165) is 0 Å². The van der Waals surface area contributed by atoms with E-state index in [4.69, 9.17) is 5.73 Å². The quantitative estimate of drug-likeness (QED) is 0.699. The molecule has 1 aromatic heterocycles. The number of rotatable bonds is 5. The third-order valence-corrected chi connectivity index (χ3v) is 3.97. The van der Waals surface area contributed by atoms with E-state index in [1.54, 1.807) is 37.3 Å². The first-order valence-corrected chi connectivity index (χ1v) is 8.15. The number of aromatic nitrogens is 2. The molecule has 0 saturated carbocycles. The third kappa shape index (κ3) is 4.15. The number of carbonyl (C=O) groups is 1. The van der Waals surface area contributed by atoms with E-state index >= 15 is 0 Å². The molecule has 3 rings (SSSR count). The van der Waals surface area contributed by atoms with E-state index < -0.39 is 18.4 Å². The number of primary amides is 1. The first-order chi connectivity index (χ1) is 13.2. The van der Waals surface area contributed by atoms with Crippen LogP contribution in [0.4, 0.5) is 13.2 Å². The maximum Gasteiger partial charge on any atom is 0.573 e. The van der Waals surface area contributed by atoms with E-state index in [1.165, 1.54) is 28.9 Å². The normalized spacial score (nSPS) is 12.6. The van der Waals surface area contributed by atoms with Crippen LogP contribution >= 0.6 is 0 Å². The van der Waals surface area contributed by atoms with Crippen molar-refractivity contribution in [2.45, 2.75) is 19.4 Å². The predicted octanol–water partition coefficient (Wildman–Crippen LogP) is 3.27. The van der Waals surface area contributed by atoms with Crippen LogP contribution in [-0.4, -0.2) is 27.2 Å². The molecule has 1 amide bonds. The molecule has 0 spiro atoms. The maximum absolute atomic E-state index is 12.7. The van der Waals surface area contributed by atoms with Crippen LogP contribution in [-0.2, 0) is 4.79 Å². The number of nitrogens with zero attached hydrogens (tertiary/aromatic N) is 2. The van der Waals surface area contributed by atoms with Gasteiger partial charge in [0, 0.05) is 11.3 Å². The lowest BCUT2D eigenvalue weighted by atomic mass is 10.0. The fourth-order valence-corrected chi connectivity index (χ4v) is 2.76. The van der Waals surface area contributed by atoms with Crippen molar-refractivity contribution in [1.29, 1.82) is 0 Å². The summed E-state index contributed by atoms with van der Waals surface area (Å²) in [4.78, 5) is 11.2. The van der Waals surface area contributed by atoms with Gasteiger partial charge in [0.05, 0.1) is 5.69 Å². The fraction of sp³-hybridized carbons (Fsp3) is 0.158. The maximum atomic E-state index is 12.7. The van der Waals surface area contributed by atoms with E-state index in [2.05, 4.69) is 9.84 Å². The number of alkyl halides is 3. The highest BCUT2D eigenvalue weighted by Crippen LogP contribution is 2.34. The summed E-state index contributed by atoms with van der Waals surface area (Å²) in [5.41, 5.74) is 7.03. The van der Waals surface area contributed by atoms with Gasteiger partial charge >= 0.3 is 6.36 Å². The van der Waals surface area contributed by atoms with Crippen LogP contribution in [0.2, 0.25) is 0 Å². The predicted molar refractivity (Wildman–Crippen MR) is 94.6 cm³/mol. The molecule has 0 aliphatic rings. The molecule has 6 nitrogen and oxygen atoms in total. The van der Waals surface area contributed by atoms with Gasteiger partial charge in [0.25, 0.3) is 5.91 Å². The molecule has 28 heavy (non-hydrogen) atoms. The molecule has 9 heteroatoms. The lowest BCUT2D eigenvalue weighted by Crippen LogP contribution is -2.21. The molecule has 2 aromatic carbocycles. The van der Waals surface area contributed by atoms with Crippen molar-refractivity contribution in [3.05, 3.63) is 66.0 Å². The average Bonchev–Trinajstić information content (AvgIpc) is 3.02. The largest absolute Gasteiger partial charge is 0.573 e. The summed E-state index contributed by atoms with van der Waals surface area (Å²) in [7, 11) is 0. The molecular weight excluding hydrogens is 375 g/mol. The smallest absolute Gasteiger partial charge is 0.405 e. The SMILES string of the molecule is Cc1cc(C(O)C(N)=O)nn1-c1cccc(-c2ccccc2OC(F)(F)F)c1. The van der Waals surface area contributed by atoms with Gasteiger partial charge in [-0.3, -0.25) is 4.79 Å². The molecule has 0 aliphatic carbocycles. The van der Waals surface area contributed by atoms with Crippen LogP contribution in [0.1, 0.15) is 17.5 Å².